The molecule has 0 unspecified atom stereocenters. The number of amidine groups is 1. The van der Waals surface area contributed by atoms with Gasteiger partial charge in [0, 0.05) is 48.8 Å². The number of aromatic nitrogens is 1. The number of pyridine rings is 1. The predicted molar refractivity (Wildman–Crippen MR) is 116 cm³/mol. The highest BCUT2D eigenvalue weighted by atomic mass is 19.1. The van der Waals surface area contributed by atoms with Crippen molar-refractivity contribution in [2.24, 2.45) is 4.99 Å². The molecule has 2 aliphatic rings. The van der Waals surface area contributed by atoms with Crippen LogP contribution < -0.4 is 0 Å². The van der Waals surface area contributed by atoms with Crippen LogP contribution in [0.1, 0.15) is 47.3 Å². The number of carbonyl (C=O) groups excluding carboxylic acids is 1. The molecule has 1 fully saturated rings. The number of fused-ring (bicyclic) bond motifs is 1. The van der Waals surface area contributed by atoms with Crippen molar-refractivity contribution >= 4 is 11.6 Å². The summed E-state index contributed by atoms with van der Waals surface area (Å²) in [6.45, 7) is 7.26. The van der Waals surface area contributed by atoms with Crippen LogP contribution in [0.4, 0.5) is 4.39 Å². The van der Waals surface area contributed by atoms with Crippen molar-refractivity contribution in [3.8, 4) is 0 Å². The van der Waals surface area contributed by atoms with Crippen molar-refractivity contribution in [1.82, 2.24) is 9.88 Å². The number of hydrogen-bond donors (Lipinski definition) is 1. The van der Waals surface area contributed by atoms with Gasteiger partial charge in [-0.1, -0.05) is 12.1 Å². The molecule has 6 nitrogen and oxygen atoms in total. The summed E-state index contributed by atoms with van der Waals surface area (Å²) in [4.78, 5) is 24.5. The monoisotopic (exact) mass is 425 g/mol. The van der Waals surface area contributed by atoms with Gasteiger partial charge in [-0.2, -0.15) is 0 Å². The first-order valence-corrected chi connectivity index (χ1v) is 10.7. The highest BCUT2D eigenvalue weighted by Crippen LogP contribution is 2.27. The van der Waals surface area contributed by atoms with E-state index in [0.717, 1.165) is 47.0 Å². The van der Waals surface area contributed by atoms with Gasteiger partial charge in [0.15, 0.2) is 0 Å². The highest BCUT2D eigenvalue weighted by molar-refractivity contribution is 6.03. The van der Waals surface area contributed by atoms with Crippen LogP contribution in [-0.2, 0) is 22.5 Å². The van der Waals surface area contributed by atoms with Crippen LogP contribution >= 0.6 is 0 Å². The van der Waals surface area contributed by atoms with Crippen molar-refractivity contribution in [3.05, 3.63) is 64.2 Å². The summed E-state index contributed by atoms with van der Waals surface area (Å²) in [6, 6.07) is 7.94. The lowest BCUT2D eigenvalue weighted by Gasteiger charge is -2.29. The lowest BCUT2D eigenvalue weighted by Crippen LogP contribution is -2.41. The molecular formula is C24H28FN3O3. The summed E-state index contributed by atoms with van der Waals surface area (Å²) in [5, 5.41) is 10.2. The molecule has 3 heterocycles. The lowest BCUT2D eigenvalue weighted by atomic mass is 9.88. The Morgan fingerprint density at radius 3 is 2.65 bits per heavy atom. The van der Waals surface area contributed by atoms with Gasteiger partial charge in [-0.15, -0.1) is 0 Å². The van der Waals surface area contributed by atoms with Crippen LogP contribution in [0.15, 0.2) is 35.3 Å². The summed E-state index contributed by atoms with van der Waals surface area (Å²) in [5.41, 5.74) is 4.54. The summed E-state index contributed by atoms with van der Waals surface area (Å²) in [7, 11) is 0. The van der Waals surface area contributed by atoms with E-state index in [4.69, 9.17) is 14.7 Å². The van der Waals surface area contributed by atoms with Crippen molar-refractivity contribution < 1.29 is 19.0 Å². The normalized spacial score (nSPS) is 17.8. The molecule has 0 spiro atoms. The Bertz CT molecular complexity index is 982. The van der Waals surface area contributed by atoms with Crippen LogP contribution in [0.3, 0.4) is 0 Å². The van der Waals surface area contributed by atoms with Gasteiger partial charge < -0.3 is 14.7 Å². The number of ether oxygens (including phenoxy) is 1. The van der Waals surface area contributed by atoms with Crippen molar-refractivity contribution in [2.45, 2.75) is 45.3 Å². The molecule has 1 aromatic carbocycles. The maximum Gasteiger partial charge on any atom is 0.139 e. The first-order chi connectivity index (χ1) is 14.9. The quantitative estimate of drug-likeness (QED) is 0.770. The minimum atomic E-state index is -0.714. The van der Waals surface area contributed by atoms with Crippen molar-refractivity contribution in [2.75, 3.05) is 26.3 Å². The first-order valence-electron chi connectivity index (χ1n) is 10.7. The molecule has 1 aromatic heterocycles. The maximum absolute atomic E-state index is 13.2. The largest absolute Gasteiger partial charge is 0.393 e. The Morgan fingerprint density at radius 2 is 1.97 bits per heavy atom. The van der Waals surface area contributed by atoms with Gasteiger partial charge in [0.05, 0.1) is 25.9 Å². The smallest absolute Gasteiger partial charge is 0.139 e. The average Bonchev–Trinajstić information content (AvgIpc) is 3.18. The van der Waals surface area contributed by atoms with Gasteiger partial charge in [0.1, 0.15) is 17.4 Å². The SMILES string of the molecule is Cc1nc(CC(=O)C[C@@H](c2ccc(F)cc2)[C@@H](C)O)cc2c1C(N1CCOCC1)=NC2. The Morgan fingerprint density at radius 1 is 1.26 bits per heavy atom. The number of aryl methyl sites for hydroxylation is 1. The van der Waals surface area contributed by atoms with Gasteiger partial charge >= 0.3 is 0 Å². The molecule has 0 aliphatic carbocycles. The number of aliphatic hydroxyl groups excluding tert-OH is 1. The average molecular weight is 426 g/mol. The fourth-order valence-electron chi connectivity index (χ4n) is 4.40. The molecule has 164 valence electrons. The van der Waals surface area contributed by atoms with E-state index in [1.807, 2.05) is 13.0 Å². The van der Waals surface area contributed by atoms with Crippen LogP contribution in [-0.4, -0.2) is 59.0 Å². The van der Waals surface area contributed by atoms with E-state index in [2.05, 4.69) is 4.90 Å². The van der Waals surface area contributed by atoms with E-state index in [9.17, 15) is 14.3 Å². The number of nitrogens with zero attached hydrogens (tertiary/aromatic N) is 3. The summed E-state index contributed by atoms with van der Waals surface area (Å²) in [5.74, 6) is 0.261. The van der Waals surface area contributed by atoms with Crippen molar-refractivity contribution in [3.63, 3.8) is 0 Å². The van der Waals surface area contributed by atoms with Gasteiger partial charge in [-0.3, -0.25) is 14.8 Å². The minimum Gasteiger partial charge on any atom is -0.393 e. The number of Topliss-reactive ketones (excluding diaryl/α,β-unsaturated/α-hetero) is 1. The van der Waals surface area contributed by atoms with E-state index in [1.54, 1.807) is 19.1 Å². The molecule has 7 heteroatoms. The van der Waals surface area contributed by atoms with Crippen LogP contribution in [0.5, 0.6) is 0 Å². The highest BCUT2D eigenvalue weighted by Gasteiger charge is 2.27. The molecule has 2 aromatic rings. The number of benzene rings is 1. The molecule has 1 N–H and O–H groups in total. The molecule has 4 rings (SSSR count). The van der Waals surface area contributed by atoms with Crippen molar-refractivity contribution in [1.29, 1.82) is 0 Å². The van der Waals surface area contributed by atoms with Crippen LogP contribution in [0, 0.1) is 12.7 Å². The van der Waals surface area contributed by atoms with E-state index >= 15 is 0 Å². The topological polar surface area (TPSA) is 75.0 Å². The summed E-state index contributed by atoms with van der Waals surface area (Å²) < 4.78 is 18.7. The van der Waals surface area contributed by atoms with Crippen LogP contribution in [0.2, 0.25) is 0 Å². The summed E-state index contributed by atoms with van der Waals surface area (Å²) in [6.07, 6.45) is -0.337. The molecule has 31 heavy (non-hydrogen) atoms. The Hall–Kier alpha value is -2.64. The Kier molecular flexibility index (Phi) is 6.43. The number of rotatable bonds is 6. The third-order valence-corrected chi connectivity index (χ3v) is 5.97. The zero-order valence-electron chi connectivity index (χ0n) is 18.0. The Balaban J connectivity index is 1.46. The standard InChI is InChI=1S/C24H28FN3O3/c1-15-23-18(14-26-24(23)28-7-9-31-10-8-28)11-20(27-15)12-21(30)13-22(16(2)29)17-3-5-19(25)6-4-17/h3-6,11,16,22,29H,7-10,12-14H2,1-2H3/t16-,22-/m1/s1. The van der Waals surface area contributed by atoms with Gasteiger partial charge in [0.25, 0.3) is 0 Å². The molecule has 0 saturated carbocycles. The van der Waals surface area contributed by atoms with Crippen LogP contribution in [0.25, 0.3) is 0 Å². The van der Waals surface area contributed by atoms with Gasteiger partial charge in [-0.25, -0.2) is 4.39 Å². The first kappa shape index (κ1) is 21.6. The zero-order valence-corrected chi connectivity index (χ0v) is 18.0. The second-order valence-electron chi connectivity index (χ2n) is 8.29. The second kappa shape index (κ2) is 9.24. The molecule has 1 saturated heterocycles. The third-order valence-electron chi connectivity index (χ3n) is 5.97. The molecule has 0 bridgehead atoms. The molecule has 0 radical (unpaired) electrons. The fraction of sp³-hybridized carbons (Fsp3) is 0.458. The fourth-order valence-corrected chi connectivity index (χ4v) is 4.40. The summed E-state index contributed by atoms with van der Waals surface area (Å²) >= 11 is 0. The van der Waals surface area contributed by atoms with Gasteiger partial charge in [0.2, 0.25) is 0 Å². The second-order valence-corrected chi connectivity index (χ2v) is 8.29. The van der Waals surface area contributed by atoms with E-state index in [-0.39, 0.29) is 30.4 Å². The number of morpholine rings is 1. The van der Waals surface area contributed by atoms with E-state index in [1.165, 1.54) is 12.1 Å². The number of aliphatic imine (C=N–C) groups is 1. The zero-order chi connectivity index (χ0) is 22.0. The lowest BCUT2D eigenvalue weighted by molar-refractivity contribution is -0.119. The van der Waals surface area contributed by atoms with Gasteiger partial charge in [-0.05, 0) is 43.2 Å². The Labute approximate surface area is 181 Å². The van der Waals surface area contributed by atoms with E-state index in [0.29, 0.717) is 19.8 Å². The number of halogens is 1. The number of hydrogen-bond acceptors (Lipinski definition) is 6. The minimum absolute atomic E-state index is 0.00519. The van der Waals surface area contributed by atoms with E-state index < -0.39 is 6.10 Å². The third kappa shape index (κ3) is 4.83. The molecule has 0 amide bonds. The molecule has 2 aliphatic heterocycles. The molecular weight excluding hydrogens is 397 g/mol. The predicted octanol–water partition coefficient (Wildman–Crippen LogP) is 2.79. The maximum atomic E-state index is 13.2. The number of aliphatic hydroxyl groups is 1. The number of carbonyl (C=O) groups is 1. The number of ketones is 1. The molecule has 2 atom stereocenters.